The molecule has 1 N–H and O–H groups in total. The first-order valence-corrected chi connectivity index (χ1v) is 8.58. The van der Waals surface area contributed by atoms with Gasteiger partial charge >= 0.3 is 0 Å². The summed E-state index contributed by atoms with van der Waals surface area (Å²) in [4.78, 5) is 12.7. The Morgan fingerprint density at radius 2 is 2.00 bits per heavy atom. The summed E-state index contributed by atoms with van der Waals surface area (Å²) < 4.78 is 5.19. The highest BCUT2D eigenvalue weighted by atomic mass is 32.1. The summed E-state index contributed by atoms with van der Waals surface area (Å²) in [7, 11) is 3.50. The lowest BCUT2D eigenvalue weighted by atomic mass is 10.1. The lowest BCUT2D eigenvalue weighted by molar-refractivity contribution is 0.304. The number of fused-ring (bicyclic) bond motifs is 1. The van der Waals surface area contributed by atoms with E-state index < -0.39 is 0 Å². The van der Waals surface area contributed by atoms with Crippen LogP contribution in [0.15, 0.2) is 24.3 Å². The first-order valence-electron chi connectivity index (χ1n) is 7.76. The predicted octanol–water partition coefficient (Wildman–Crippen LogP) is 2.98. The Morgan fingerprint density at radius 1 is 1.28 bits per heavy atom. The van der Waals surface area contributed by atoms with Crippen LogP contribution in [0.1, 0.15) is 10.4 Å². The van der Waals surface area contributed by atoms with Gasteiger partial charge in [0.1, 0.15) is 27.3 Å². The molecule has 0 bridgehead atoms. The van der Waals surface area contributed by atoms with Gasteiger partial charge in [0.15, 0.2) is 5.82 Å². The Balaban J connectivity index is 2.21. The van der Waals surface area contributed by atoms with Crippen LogP contribution in [-0.4, -0.2) is 42.4 Å². The van der Waals surface area contributed by atoms with Gasteiger partial charge in [0.05, 0.1) is 19.1 Å². The summed E-state index contributed by atoms with van der Waals surface area (Å²) in [5.74, 6) is 2.07. The molecule has 25 heavy (non-hydrogen) atoms. The largest absolute Gasteiger partial charge is 0.497 e. The molecule has 0 aliphatic carbocycles. The third-order valence-electron chi connectivity index (χ3n) is 4.02. The number of ether oxygens (including phenoxy) is 1. The third kappa shape index (κ3) is 3.14. The number of aliphatic hydroxyl groups is 1. The van der Waals surface area contributed by atoms with Crippen molar-refractivity contribution in [3.05, 3.63) is 34.7 Å². The van der Waals surface area contributed by atoms with Gasteiger partial charge in [-0.1, -0.05) is 0 Å². The second-order valence-corrected chi connectivity index (χ2v) is 6.59. The van der Waals surface area contributed by atoms with Gasteiger partial charge in [-0.05, 0) is 36.8 Å². The maximum absolute atomic E-state index is 9.34. The number of likely N-dealkylation sites (N-methyl/N-ethyl adjacent to an activating group) is 1. The number of aromatic nitrogens is 2. The van der Waals surface area contributed by atoms with Crippen molar-refractivity contribution < 1.29 is 9.84 Å². The van der Waals surface area contributed by atoms with E-state index in [1.54, 1.807) is 7.11 Å². The fourth-order valence-electron chi connectivity index (χ4n) is 2.63. The van der Waals surface area contributed by atoms with Crippen LogP contribution < -0.4 is 9.64 Å². The van der Waals surface area contributed by atoms with Crippen molar-refractivity contribution in [3.8, 4) is 23.2 Å². The fraction of sp³-hybridized carbons (Fsp3) is 0.278. The van der Waals surface area contributed by atoms with Crippen molar-refractivity contribution in [2.45, 2.75) is 6.92 Å². The molecule has 0 amide bonds. The number of aryl methyl sites for hydroxylation is 1. The molecule has 0 saturated carbocycles. The van der Waals surface area contributed by atoms with Gasteiger partial charge in [-0.25, -0.2) is 9.97 Å². The second-order valence-electron chi connectivity index (χ2n) is 5.59. The molecule has 0 saturated heterocycles. The summed E-state index contributed by atoms with van der Waals surface area (Å²) in [6.07, 6.45) is 0. The minimum atomic E-state index is 0.0220. The molecule has 3 rings (SSSR count). The monoisotopic (exact) mass is 354 g/mol. The number of benzene rings is 1. The minimum absolute atomic E-state index is 0.0220. The van der Waals surface area contributed by atoms with E-state index in [0.717, 1.165) is 32.9 Å². The van der Waals surface area contributed by atoms with E-state index in [4.69, 9.17) is 9.72 Å². The molecule has 6 nitrogen and oxygen atoms in total. The van der Waals surface area contributed by atoms with Crippen LogP contribution in [0.5, 0.6) is 5.75 Å². The zero-order chi connectivity index (χ0) is 18.0. The van der Waals surface area contributed by atoms with Crippen molar-refractivity contribution in [1.82, 2.24) is 9.97 Å². The quantitative estimate of drug-likeness (QED) is 0.758. The highest BCUT2D eigenvalue weighted by molar-refractivity contribution is 7.19. The summed E-state index contributed by atoms with van der Waals surface area (Å²) in [5, 5.41) is 19.5. The normalized spacial score (nSPS) is 10.7. The molecule has 0 unspecified atom stereocenters. The summed E-state index contributed by atoms with van der Waals surface area (Å²) in [6.45, 7) is 2.38. The van der Waals surface area contributed by atoms with E-state index in [1.807, 2.05) is 43.1 Å². The fourth-order valence-corrected chi connectivity index (χ4v) is 3.60. The van der Waals surface area contributed by atoms with Crippen LogP contribution in [0.25, 0.3) is 21.6 Å². The highest BCUT2D eigenvalue weighted by Gasteiger charge is 2.19. The van der Waals surface area contributed by atoms with E-state index in [0.29, 0.717) is 17.2 Å². The molecule has 2 heterocycles. The number of rotatable bonds is 5. The summed E-state index contributed by atoms with van der Waals surface area (Å²) in [6, 6.07) is 9.75. The molecule has 0 radical (unpaired) electrons. The lowest BCUT2D eigenvalue weighted by Gasteiger charge is -2.19. The summed E-state index contributed by atoms with van der Waals surface area (Å²) >= 11 is 1.36. The van der Waals surface area contributed by atoms with Gasteiger partial charge < -0.3 is 14.7 Å². The number of anilines is 1. The number of thiophene rings is 1. The first kappa shape index (κ1) is 17.1. The van der Waals surface area contributed by atoms with E-state index in [-0.39, 0.29) is 6.61 Å². The molecule has 3 aromatic rings. The first-order chi connectivity index (χ1) is 12.1. The summed E-state index contributed by atoms with van der Waals surface area (Å²) in [5.41, 5.74) is 1.74. The molecule has 0 atom stereocenters. The van der Waals surface area contributed by atoms with Crippen LogP contribution >= 0.6 is 11.3 Å². The van der Waals surface area contributed by atoms with Crippen LogP contribution in [0.3, 0.4) is 0 Å². The maximum Gasteiger partial charge on any atom is 0.163 e. The topological polar surface area (TPSA) is 82.3 Å². The van der Waals surface area contributed by atoms with Crippen LogP contribution in [0.4, 0.5) is 5.82 Å². The Labute approximate surface area is 149 Å². The van der Waals surface area contributed by atoms with Gasteiger partial charge in [0.25, 0.3) is 0 Å². The van der Waals surface area contributed by atoms with Gasteiger partial charge in [0.2, 0.25) is 0 Å². The Morgan fingerprint density at radius 3 is 2.60 bits per heavy atom. The molecular weight excluding hydrogens is 336 g/mol. The Kier molecular flexibility index (Phi) is 4.83. The van der Waals surface area contributed by atoms with Gasteiger partial charge in [-0.15, -0.1) is 11.3 Å². The van der Waals surface area contributed by atoms with Crippen molar-refractivity contribution in [2.24, 2.45) is 0 Å². The molecule has 0 spiro atoms. The number of nitriles is 1. The van der Waals surface area contributed by atoms with Crippen LogP contribution in [-0.2, 0) is 0 Å². The number of nitrogens with zero attached hydrogens (tertiary/aromatic N) is 4. The minimum Gasteiger partial charge on any atom is -0.497 e. The number of aliphatic hydroxyl groups excluding tert-OH is 1. The average Bonchev–Trinajstić information content (AvgIpc) is 2.97. The van der Waals surface area contributed by atoms with Gasteiger partial charge in [-0.3, -0.25) is 0 Å². The lowest BCUT2D eigenvalue weighted by Crippen LogP contribution is -2.23. The number of hydrogen-bond donors (Lipinski definition) is 1. The molecule has 0 aliphatic rings. The molecule has 128 valence electrons. The Bertz CT molecular complexity index is 944. The van der Waals surface area contributed by atoms with Crippen molar-refractivity contribution in [2.75, 3.05) is 32.2 Å². The third-order valence-corrected chi connectivity index (χ3v) is 5.11. The van der Waals surface area contributed by atoms with Crippen LogP contribution in [0, 0.1) is 18.3 Å². The second kappa shape index (κ2) is 7.05. The standard InChI is InChI=1S/C18H18N4O2S/c1-11-14(10-19)25-18-15(11)17(22(2)8-9-23)20-16(21-18)12-4-6-13(24-3)7-5-12/h4-7,23H,8-9H2,1-3H3. The number of methoxy groups -OCH3 is 1. The average molecular weight is 354 g/mol. The van der Waals surface area contributed by atoms with Crippen molar-refractivity contribution in [3.63, 3.8) is 0 Å². The SMILES string of the molecule is COc1ccc(-c2nc(N(C)CCO)c3c(C)c(C#N)sc3n2)cc1. The van der Waals surface area contributed by atoms with Gasteiger partial charge in [-0.2, -0.15) is 5.26 Å². The maximum atomic E-state index is 9.34. The van der Waals surface area contributed by atoms with E-state index in [9.17, 15) is 10.4 Å². The number of hydrogen-bond acceptors (Lipinski definition) is 7. The zero-order valence-electron chi connectivity index (χ0n) is 14.3. The molecule has 0 aliphatic heterocycles. The molecule has 7 heteroatoms. The molecule has 1 aromatic carbocycles. The Hall–Kier alpha value is -2.69. The molecular formula is C18H18N4O2S. The highest BCUT2D eigenvalue weighted by Crippen LogP contribution is 2.36. The van der Waals surface area contributed by atoms with E-state index in [2.05, 4.69) is 11.1 Å². The van der Waals surface area contributed by atoms with Gasteiger partial charge in [0, 0.05) is 19.2 Å². The van der Waals surface area contributed by atoms with E-state index in [1.165, 1.54) is 11.3 Å². The smallest absolute Gasteiger partial charge is 0.163 e. The zero-order valence-corrected chi connectivity index (χ0v) is 15.1. The van der Waals surface area contributed by atoms with E-state index >= 15 is 0 Å². The molecule has 0 fully saturated rings. The van der Waals surface area contributed by atoms with Crippen molar-refractivity contribution in [1.29, 1.82) is 5.26 Å². The van der Waals surface area contributed by atoms with Crippen LogP contribution in [0.2, 0.25) is 0 Å². The molecule has 2 aromatic heterocycles. The predicted molar refractivity (Wildman–Crippen MR) is 99.2 cm³/mol. The van der Waals surface area contributed by atoms with Crippen molar-refractivity contribution >= 4 is 27.4 Å².